The monoisotopic (exact) mass is 283 g/mol. The van der Waals surface area contributed by atoms with Crippen LogP contribution in [0.15, 0.2) is 48.5 Å². The highest BCUT2D eigenvalue weighted by atomic mass is 16.5. The lowest BCUT2D eigenvalue weighted by Crippen LogP contribution is -2.27. The molecule has 0 atom stereocenters. The number of hydrogen-bond acceptors (Lipinski definition) is 2. The van der Waals surface area contributed by atoms with E-state index in [4.69, 9.17) is 4.74 Å². The number of methoxy groups -OCH3 is 1. The van der Waals surface area contributed by atoms with Gasteiger partial charge >= 0.3 is 0 Å². The van der Waals surface area contributed by atoms with Crippen molar-refractivity contribution in [3.63, 3.8) is 0 Å². The SMILES string of the molecule is COc1ccc(-c2ccccc2)c(NC(=O)C(C)(C)C)c1. The molecule has 0 spiro atoms. The van der Waals surface area contributed by atoms with Crippen molar-refractivity contribution >= 4 is 11.6 Å². The normalized spacial score (nSPS) is 11.0. The number of rotatable bonds is 3. The zero-order valence-corrected chi connectivity index (χ0v) is 12.9. The van der Waals surface area contributed by atoms with Crippen LogP contribution in [-0.2, 0) is 4.79 Å². The Balaban J connectivity index is 2.44. The van der Waals surface area contributed by atoms with Gasteiger partial charge in [0.15, 0.2) is 0 Å². The molecule has 110 valence electrons. The topological polar surface area (TPSA) is 38.3 Å². The van der Waals surface area contributed by atoms with E-state index in [2.05, 4.69) is 5.32 Å². The number of benzene rings is 2. The van der Waals surface area contributed by atoms with Gasteiger partial charge in [0.05, 0.1) is 12.8 Å². The van der Waals surface area contributed by atoms with Crippen molar-refractivity contribution in [1.82, 2.24) is 0 Å². The maximum Gasteiger partial charge on any atom is 0.229 e. The molecule has 1 N–H and O–H groups in total. The second-order valence-electron chi connectivity index (χ2n) is 5.98. The molecule has 0 saturated heterocycles. The third-order valence-electron chi connectivity index (χ3n) is 3.24. The van der Waals surface area contributed by atoms with Crippen molar-refractivity contribution in [2.75, 3.05) is 12.4 Å². The Morgan fingerprint density at radius 3 is 2.29 bits per heavy atom. The molecule has 0 fully saturated rings. The molecule has 0 aliphatic carbocycles. The van der Waals surface area contributed by atoms with Crippen molar-refractivity contribution in [2.45, 2.75) is 20.8 Å². The van der Waals surface area contributed by atoms with Crippen LogP contribution in [-0.4, -0.2) is 13.0 Å². The molecule has 0 aliphatic heterocycles. The number of hydrogen-bond donors (Lipinski definition) is 1. The minimum absolute atomic E-state index is 0.0204. The van der Waals surface area contributed by atoms with Crippen molar-refractivity contribution in [1.29, 1.82) is 0 Å². The summed E-state index contributed by atoms with van der Waals surface area (Å²) >= 11 is 0. The molecule has 1 amide bonds. The Bertz CT molecular complexity index is 627. The van der Waals surface area contributed by atoms with Gasteiger partial charge in [0.2, 0.25) is 5.91 Å². The van der Waals surface area contributed by atoms with E-state index >= 15 is 0 Å². The standard InChI is InChI=1S/C18H21NO2/c1-18(2,3)17(20)19-16-12-14(21-4)10-11-15(16)13-8-6-5-7-9-13/h5-12H,1-4H3,(H,19,20). The van der Waals surface area contributed by atoms with Crippen molar-refractivity contribution in [2.24, 2.45) is 5.41 Å². The van der Waals surface area contributed by atoms with Crippen LogP contribution in [0.3, 0.4) is 0 Å². The van der Waals surface area contributed by atoms with Crippen LogP contribution in [0.5, 0.6) is 5.75 Å². The fourth-order valence-electron chi connectivity index (χ4n) is 1.93. The van der Waals surface area contributed by atoms with Crippen LogP contribution in [0.1, 0.15) is 20.8 Å². The molecule has 2 aromatic carbocycles. The van der Waals surface area contributed by atoms with Gasteiger partial charge < -0.3 is 10.1 Å². The van der Waals surface area contributed by atoms with Crippen molar-refractivity contribution in [3.05, 3.63) is 48.5 Å². The first-order chi connectivity index (χ1) is 9.91. The summed E-state index contributed by atoms with van der Waals surface area (Å²) in [6, 6.07) is 15.7. The van der Waals surface area contributed by atoms with Gasteiger partial charge in [-0.2, -0.15) is 0 Å². The van der Waals surface area contributed by atoms with E-state index in [1.165, 1.54) is 0 Å². The van der Waals surface area contributed by atoms with Gasteiger partial charge in [-0.05, 0) is 17.7 Å². The molecule has 0 saturated carbocycles. The van der Waals surface area contributed by atoms with E-state index in [0.29, 0.717) is 0 Å². The smallest absolute Gasteiger partial charge is 0.229 e. The zero-order chi connectivity index (χ0) is 15.5. The zero-order valence-electron chi connectivity index (χ0n) is 12.9. The molecule has 21 heavy (non-hydrogen) atoms. The number of carbonyl (C=O) groups is 1. The van der Waals surface area contributed by atoms with Gasteiger partial charge in [-0.3, -0.25) is 4.79 Å². The molecular weight excluding hydrogens is 262 g/mol. The number of carbonyl (C=O) groups excluding carboxylic acids is 1. The Hall–Kier alpha value is -2.29. The Morgan fingerprint density at radius 2 is 1.71 bits per heavy atom. The molecule has 3 nitrogen and oxygen atoms in total. The average Bonchev–Trinajstić information content (AvgIpc) is 2.47. The van der Waals surface area contributed by atoms with Crippen LogP contribution in [0.2, 0.25) is 0 Å². The predicted molar refractivity (Wildman–Crippen MR) is 86.5 cm³/mol. The molecule has 0 heterocycles. The van der Waals surface area contributed by atoms with Crippen molar-refractivity contribution < 1.29 is 9.53 Å². The molecule has 0 radical (unpaired) electrons. The third kappa shape index (κ3) is 3.63. The fraction of sp³-hybridized carbons (Fsp3) is 0.278. The highest BCUT2D eigenvalue weighted by Gasteiger charge is 2.22. The maximum absolute atomic E-state index is 12.3. The molecule has 0 aliphatic rings. The summed E-state index contributed by atoms with van der Waals surface area (Å²) in [4.78, 5) is 12.3. The lowest BCUT2D eigenvalue weighted by molar-refractivity contribution is -0.123. The van der Waals surface area contributed by atoms with Gasteiger partial charge in [-0.25, -0.2) is 0 Å². The summed E-state index contributed by atoms with van der Waals surface area (Å²) in [5.74, 6) is 0.701. The molecule has 0 aromatic heterocycles. The molecular formula is C18H21NO2. The molecule has 2 rings (SSSR count). The number of amides is 1. The summed E-state index contributed by atoms with van der Waals surface area (Å²) in [6.45, 7) is 5.68. The van der Waals surface area contributed by atoms with Gasteiger partial charge in [0.1, 0.15) is 5.75 Å². The largest absolute Gasteiger partial charge is 0.497 e. The summed E-state index contributed by atoms with van der Waals surface area (Å²) in [7, 11) is 1.62. The highest BCUT2D eigenvalue weighted by Crippen LogP contribution is 2.32. The van der Waals surface area contributed by atoms with Crippen LogP contribution < -0.4 is 10.1 Å². The maximum atomic E-state index is 12.3. The molecule has 3 heteroatoms. The average molecular weight is 283 g/mol. The molecule has 2 aromatic rings. The van der Waals surface area contributed by atoms with E-state index in [9.17, 15) is 4.79 Å². The summed E-state index contributed by atoms with van der Waals surface area (Å²) in [6.07, 6.45) is 0. The summed E-state index contributed by atoms with van der Waals surface area (Å²) in [5, 5.41) is 3.00. The van der Waals surface area contributed by atoms with E-state index < -0.39 is 5.41 Å². The van der Waals surface area contributed by atoms with Crippen molar-refractivity contribution in [3.8, 4) is 16.9 Å². The van der Waals surface area contributed by atoms with E-state index in [1.54, 1.807) is 7.11 Å². The minimum atomic E-state index is -0.447. The van der Waals surface area contributed by atoms with Crippen LogP contribution in [0, 0.1) is 5.41 Å². The summed E-state index contributed by atoms with van der Waals surface area (Å²) in [5.41, 5.74) is 2.36. The lowest BCUT2D eigenvalue weighted by Gasteiger charge is -2.20. The molecule has 0 unspecified atom stereocenters. The predicted octanol–water partition coefficient (Wildman–Crippen LogP) is 4.35. The first-order valence-corrected chi connectivity index (χ1v) is 6.97. The Labute approximate surface area is 126 Å². The lowest BCUT2D eigenvalue weighted by atomic mass is 9.95. The second-order valence-corrected chi connectivity index (χ2v) is 5.98. The van der Waals surface area contributed by atoms with Gasteiger partial charge in [-0.1, -0.05) is 51.1 Å². The molecule has 0 bridgehead atoms. The van der Waals surface area contributed by atoms with Crippen LogP contribution in [0.4, 0.5) is 5.69 Å². The quantitative estimate of drug-likeness (QED) is 0.909. The Kier molecular flexibility index (Phi) is 4.32. The van der Waals surface area contributed by atoms with E-state index in [1.807, 2.05) is 69.3 Å². The second kappa shape index (κ2) is 6.00. The number of anilines is 1. The van der Waals surface area contributed by atoms with E-state index in [0.717, 1.165) is 22.6 Å². The number of ether oxygens (including phenoxy) is 1. The fourth-order valence-corrected chi connectivity index (χ4v) is 1.93. The number of nitrogens with one attached hydrogen (secondary N) is 1. The van der Waals surface area contributed by atoms with Crippen LogP contribution >= 0.6 is 0 Å². The van der Waals surface area contributed by atoms with Gasteiger partial charge in [-0.15, -0.1) is 0 Å². The Morgan fingerprint density at radius 1 is 1.05 bits per heavy atom. The summed E-state index contributed by atoms with van der Waals surface area (Å²) < 4.78 is 5.26. The van der Waals surface area contributed by atoms with E-state index in [-0.39, 0.29) is 5.91 Å². The highest BCUT2D eigenvalue weighted by molar-refractivity contribution is 5.98. The minimum Gasteiger partial charge on any atom is -0.497 e. The first kappa shape index (κ1) is 15.1. The third-order valence-corrected chi connectivity index (χ3v) is 3.24. The van der Waals surface area contributed by atoms with Crippen LogP contribution in [0.25, 0.3) is 11.1 Å². The van der Waals surface area contributed by atoms with Gasteiger partial charge in [0.25, 0.3) is 0 Å². The van der Waals surface area contributed by atoms with Gasteiger partial charge in [0, 0.05) is 17.0 Å². The first-order valence-electron chi connectivity index (χ1n) is 6.97.